The molecule has 1 aliphatic heterocycles. The van der Waals surface area contributed by atoms with Gasteiger partial charge < -0.3 is 10.2 Å². The Kier molecular flexibility index (Phi) is 5.31. The van der Waals surface area contributed by atoms with Crippen molar-refractivity contribution in [3.05, 3.63) is 35.6 Å². The Bertz CT molecular complexity index is 511. The SMILES string of the molecule is CCCNC(=O)C1CCN(C(=O)c2ccccc2F)CC1. The van der Waals surface area contributed by atoms with E-state index in [1.54, 1.807) is 17.0 Å². The molecule has 1 fully saturated rings. The minimum atomic E-state index is -0.495. The molecule has 1 aliphatic rings. The van der Waals surface area contributed by atoms with Crippen LogP contribution in [0.4, 0.5) is 4.39 Å². The van der Waals surface area contributed by atoms with Crippen LogP contribution >= 0.6 is 0 Å². The summed E-state index contributed by atoms with van der Waals surface area (Å²) in [6, 6.07) is 6.01. The highest BCUT2D eigenvalue weighted by Gasteiger charge is 2.28. The maximum Gasteiger partial charge on any atom is 0.256 e. The van der Waals surface area contributed by atoms with Crippen LogP contribution in [0.1, 0.15) is 36.5 Å². The first-order chi connectivity index (χ1) is 10.1. The summed E-state index contributed by atoms with van der Waals surface area (Å²) in [4.78, 5) is 25.8. The van der Waals surface area contributed by atoms with Crippen LogP contribution in [0.25, 0.3) is 0 Å². The van der Waals surface area contributed by atoms with Gasteiger partial charge in [-0.2, -0.15) is 0 Å². The fourth-order valence-corrected chi connectivity index (χ4v) is 2.54. The zero-order chi connectivity index (χ0) is 15.2. The van der Waals surface area contributed by atoms with Crippen LogP contribution in [-0.2, 0) is 4.79 Å². The van der Waals surface area contributed by atoms with Crippen molar-refractivity contribution in [1.82, 2.24) is 10.2 Å². The number of benzene rings is 1. The topological polar surface area (TPSA) is 49.4 Å². The van der Waals surface area contributed by atoms with Crippen molar-refractivity contribution < 1.29 is 14.0 Å². The molecule has 2 amide bonds. The number of nitrogens with one attached hydrogen (secondary N) is 1. The molecule has 2 rings (SSSR count). The first kappa shape index (κ1) is 15.5. The van der Waals surface area contributed by atoms with Crippen molar-refractivity contribution in [2.45, 2.75) is 26.2 Å². The van der Waals surface area contributed by atoms with Crippen LogP contribution in [0.15, 0.2) is 24.3 Å². The number of carbonyl (C=O) groups is 2. The van der Waals surface area contributed by atoms with Crippen molar-refractivity contribution in [2.24, 2.45) is 5.92 Å². The Labute approximate surface area is 124 Å². The lowest BCUT2D eigenvalue weighted by Gasteiger charge is -2.31. The maximum atomic E-state index is 13.6. The molecule has 1 aromatic carbocycles. The highest BCUT2D eigenvalue weighted by atomic mass is 19.1. The van der Waals surface area contributed by atoms with Crippen molar-refractivity contribution in [1.29, 1.82) is 0 Å². The Morgan fingerprint density at radius 2 is 1.95 bits per heavy atom. The van der Waals surface area contributed by atoms with E-state index in [2.05, 4.69) is 5.32 Å². The van der Waals surface area contributed by atoms with Crippen molar-refractivity contribution in [3.8, 4) is 0 Å². The number of rotatable bonds is 4. The van der Waals surface area contributed by atoms with Crippen LogP contribution in [0.3, 0.4) is 0 Å². The van der Waals surface area contributed by atoms with Crippen LogP contribution in [0, 0.1) is 11.7 Å². The molecule has 1 N–H and O–H groups in total. The zero-order valence-corrected chi connectivity index (χ0v) is 12.3. The van der Waals surface area contributed by atoms with E-state index < -0.39 is 5.82 Å². The summed E-state index contributed by atoms with van der Waals surface area (Å²) in [5.41, 5.74) is 0.103. The minimum Gasteiger partial charge on any atom is -0.356 e. The predicted octanol–water partition coefficient (Wildman–Crippen LogP) is 2.20. The number of halogens is 1. The third kappa shape index (κ3) is 3.80. The van der Waals surface area contributed by atoms with Gasteiger partial charge in [0.1, 0.15) is 5.82 Å². The summed E-state index contributed by atoms with van der Waals surface area (Å²) in [7, 11) is 0. The maximum absolute atomic E-state index is 13.6. The third-order valence-corrected chi connectivity index (χ3v) is 3.81. The largest absolute Gasteiger partial charge is 0.356 e. The van der Waals surface area contributed by atoms with E-state index in [4.69, 9.17) is 0 Å². The molecule has 1 aromatic rings. The molecule has 1 heterocycles. The molecule has 0 spiro atoms. The molecule has 0 bridgehead atoms. The summed E-state index contributed by atoms with van der Waals surface area (Å²) in [6.45, 7) is 3.69. The van der Waals surface area contributed by atoms with Crippen LogP contribution in [0.5, 0.6) is 0 Å². The van der Waals surface area contributed by atoms with E-state index in [1.807, 2.05) is 6.92 Å². The smallest absolute Gasteiger partial charge is 0.256 e. The molecule has 1 saturated heterocycles. The predicted molar refractivity (Wildman–Crippen MR) is 78.3 cm³/mol. The second kappa shape index (κ2) is 7.20. The van der Waals surface area contributed by atoms with E-state index in [1.165, 1.54) is 12.1 Å². The van der Waals surface area contributed by atoms with Gasteiger partial charge in [0.25, 0.3) is 5.91 Å². The van der Waals surface area contributed by atoms with E-state index in [-0.39, 0.29) is 23.3 Å². The highest BCUT2D eigenvalue weighted by molar-refractivity contribution is 5.94. The van der Waals surface area contributed by atoms with Crippen molar-refractivity contribution in [2.75, 3.05) is 19.6 Å². The van der Waals surface area contributed by atoms with Gasteiger partial charge in [-0.25, -0.2) is 4.39 Å². The normalized spacial score (nSPS) is 15.8. The van der Waals surface area contributed by atoms with Gasteiger partial charge in [-0.3, -0.25) is 9.59 Å². The summed E-state index contributed by atoms with van der Waals surface area (Å²) >= 11 is 0. The van der Waals surface area contributed by atoms with E-state index >= 15 is 0 Å². The second-order valence-electron chi connectivity index (χ2n) is 5.34. The average Bonchev–Trinajstić information content (AvgIpc) is 2.52. The fraction of sp³-hybridized carbons (Fsp3) is 0.500. The molecule has 114 valence electrons. The summed E-state index contributed by atoms with van der Waals surface area (Å²) in [5, 5.41) is 2.88. The van der Waals surface area contributed by atoms with Gasteiger partial charge in [-0.1, -0.05) is 19.1 Å². The molecule has 0 aromatic heterocycles. The van der Waals surface area contributed by atoms with Gasteiger partial charge >= 0.3 is 0 Å². The number of carbonyl (C=O) groups excluding carboxylic acids is 2. The van der Waals surface area contributed by atoms with Crippen LogP contribution in [0.2, 0.25) is 0 Å². The number of amides is 2. The van der Waals surface area contributed by atoms with Crippen LogP contribution in [-0.4, -0.2) is 36.3 Å². The zero-order valence-electron chi connectivity index (χ0n) is 12.3. The second-order valence-corrected chi connectivity index (χ2v) is 5.34. The first-order valence-corrected chi connectivity index (χ1v) is 7.45. The van der Waals surface area contributed by atoms with Crippen molar-refractivity contribution >= 4 is 11.8 Å². The average molecular weight is 292 g/mol. The molecule has 0 unspecified atom stereocenters. The van der Waals surface area contributed by atoms with Gasteiger partial charge in [0, 0.05) is 25.6 Å². The molecule has 21 heavy (non-hydrogen) atoms. The molecular weight excluding hydrogens is 271 g/mol. The molecule has 0 atom stereocenters. The van der Waals surface area contributed by atoms with Crippen LogP contribution < -0.4 is 5.32 Å². The minimum absolute atomic E-state index is 0.0405. The number of hydrogen-bond acceptors (Lipinski definition) is 2. The monoisotopic (exact) mass is 292 g/mol. The molecule has 0 saturated carbocycles. The Hall–Kier alpha value is -1.91. The Morgan fingerprint density at radius 3 is 2.57 bits per heavy atom. The number of hydrogen-bond donors (Lipinski definition) is 1. The van der Waals surface area contributed by atoms with E-state index in [0.29, 0.717) is 32.5 Å². The van der Waals surface area contributed by atoms with E-state index in [9.17, 15) is 14.0 Å². The number of likely N-dealkylation sites (tertiary alicyclic amines) is 1. The summed E-state index contributed by atoms with van der Waals surface area (Å²) < 4.78 is 13.6. The van der Waals surface area contributed by atoms with Gasteiger partial charge in [0.2, 0.25) is 5.91 Å². The molecular formula is C16H21FN2O2. The molecule has 0 aliphatic carbocycles. The van der Waals surface area contributed by atoms with Crippen molar-refractivity contribution in [3.63, 3.8) is 0 Å². The standard InChI is InChI=1S/C16H21FN2O2/c1-2-9-18-15(20)12-7-10-19(11-8-12)16(21)13-5-3-4-6-14(13)17/h3-6,12H,2,7-11H2,1H3,(H,18,20). The summed E-state index contributed by atoms with van der Waals surface area (Å²) in [6.07, 6.45) is 2.18. The summed E-state index contributed by atoms with van der Waals surface area (Å²) in [5.74, 6) is -0.762. The molecule has 4 nitrogen and oxygen atoms in total. The van der Waals surface area contributed by atoms with Gasteiger partial charge in [0.05, 0.1) is 5.56 Å². The lowest BCUT2D eigenvalue weighted by Crippen LogP contribution is -2.43. The van der Waals surface area contributed by atoms with E-state index in [0.717, 1.165) is 6.42 Å². The van der Waals surface area contributed by atoms with Gasteiger partial charge in [0.15, 0.2) is 0 Å². The Balaban J connectivity index is 1.91. The van der Waals surface area contributed by atoms with Gasteiger partial charge in [-0.15, -0.1) is 0 Å². The molecule has 0 radical (unpaired) electrons. The highest BCUT2D eigenvalue weighted by Crippen LogP contribution is 2.20. The third-order valence-electron chi connectivity index (χ3n) is 3.81. The fourth-order valence-electron chi connectivity index (χ4n) is 2.54. The first-order valence-electron chi connectivity index (χ1n) is 7.45. The lowest BCUT2D eigenvalue weighted by atomic mass is 9.95. The number of piperidine rings is 1. The number of nitrogens with zero attached hydrogens (tertiary/aromatic N) is 1. The van der Waals surface area contributed by atoms with Gasteiger partial charge in [-0.05, 0) is 31.4 Å². The lowest BCUT2D eigenvalue weighted by molar-refractivity contribution is -0.126. The molecule has 5 heteroatoms. The Morgan fingerprint density at radius 1 is 1.29 bits per heavy atom. The quantitative estimate of drug-likeness (QED) is 0.925.